The van der Waals surface area contributed by atoms with Crippen molar-refractivity contribution >= 4 is 23.3 Å². The molecule has 2 aromatic rings. The van der Waals surface area contributed by atoms with Gasteiger partial charge >= 0.3 is 6.18 Å². The van der Waals surface area contributed by atoms with Gasteiger partial charge in [0.2, 0.25) is 0 Å². The topological polar surface area (TPSA) is 66.0 Å². The summed E-state index contributed by atoms with van der Waals surface area (Å²) in [5, 5.41) is 7.18. The number of amides is 1. The standard InChI is InChI=1S/C18H14ClF5N4O/c19-11-3-1-2-10(13(11)20)17(18(22,23)24)7-27-16(29)9-6-26-15(14(21)12(9)17)28-8-4-25-5-8/h1-3,6,8,25H,4-5,7H2,(H,26,28)(H,27,29)/t17-/m0/s1. The van der Waals surface area contributed by atoms with E-state index < -0.39 is 63.2 Å². The van der Waals surface area contributed by atoms with E-state index in [0.29, 0.717) is 13.1 Å². The van der Waals surface area contributed by atoms with Gasteiger partial charge in [0.25, 0.3) is 5.91 Å². The average Bonchev–Trinajstić information content (AvgIpc) is 2.62. The fraction of sp³-hybridized carbons (Fsp3) is 0.333. The second-order valence-corrected chi connectivity index (χ2v) is 7.30. The van der Waals surface area contributed by atoms with Crippen molar-refractivity contribution < 1.29 is 26.7 Å². The fourth-order valence-corrected chi connectivity index (χ4v) is 3.79. The molecular formula is C18H14ClF5N4O. The highest BCUT2D eigenvalue weighted by atomic mass is 35.5. The summed E-state index contributed by atoms with van der Waals surface area (Å²) in [5.74, 6) is -4.03. The third kappa shape index (κ3) is 2.93. The maximum absolute atomic E-state index is 15.4. The molecule has 1 aromatic heterocycles. The van der Waals surface area contributed by atoms with E-state index in [0.717, 1.165) is 24.4 Å². The van der Waals surface area contributed by atoms with Crippen LogP contribution in [0.1, 0.15) is 21.5 Å². The van der Waals surface area contributed by atoms with Crippen molar-refractivity contribution in [1.29, 1.82) is 0 Å². The Kier molecular flexibility index (Phi) is 4.66. The zero-order chi connectivity index (χ0) is 21.0. The van der Waals surface area contributed by atoms with Crippen LogP contribution in [0.2, 0.25) is 5.02 Å². The van der Waals surface area contributed by atoms with E-state index in [1.165, 1.54) is 0 Å². The van der Waals surface area contributed by atoms with Crippen molar-refractivity contribution in [3.63, 3.8) is 0 Å². The number of aromatic nitrogens is 1. The number of nitrogens with one attached hydrogen (secondary N) is 3. The van der Waals surface area contributed by atoms with E-state index >= 15 is 4.39 Å². The van der Waals surface area contributed by atoms with E-state index in [4.69, 9.17) is 11.6 Å². The van der Waals surface area contributed by atoms with Crippen molar-refractivity contribution in [2.45, 2.75) is 17.6 Å². The monoisotopic (exact) mass is 432 g/mol. The fourth-order valence-electron chi connectivity index (χ4n) is 3.62. The van der Waals surface area contributed by atoms with E-state index in [-0.39, 0.29) is 6.04 Å². The molecule has 1 fully saturated rings. The number of carbonyl (C=O) groups is 1. The van der Waals surface area contributed by atoms with Gasteiger partial charge in [-0.1, -0.05) is 23.7 Å². The van der Waals surface area contributed by atoms with E-state index in [9.17, 15) is 22.4 Å². The van der Waals surface area contributed by atoms with Gasteiger partial charge in [0.05, 0.1) is 16.6 Å². The van der Waals surface area contributed by atoms with Crippen LogP contribution in [-0.4, -0.2) is 42.7 Å². The molecule has 0 saturated carbocycles. The van der Waals surface area contributed by atoms with Crippen molar-refractivity contribution in [2.75, 3.05) is 25.0 Å². The molecule has 11 heteroatoms. The lowest BCUT2D eigenvalue weighted by molar-refractivity contribution is -0.178. The maximum atomic E-state index is 15.4. The van der Waals surface area contributed by atoms with Crippen LogP contribution in [0.5, 0.6) is 0 Å². The molecule has 0 spiro atoms. The summed E-state index contributed by atoms with van der Waals surface area (Å²) in [5.41, 5.74) is -5.63. The Morgan fingerprint density at radius 3 is 2.55 bits per heavy atom. The predicted octanol–water partition coefficient (Wildman–Crippen LogP) is 2.99. The third-order valence-corrected chi connectivity index (χ3v) is 5.51. The minimum absolute atomic E-state index is 0.226. The summed E-state index contributed by atoms with van der Waals surface area (Å²) in [6, 6.07) is 2.89. The number of fused-ring (bicyclic) bond motifs is 1. The Hall–Kier alpha value is -2.46. The number of benzene rings is 1. The third-order valence-electron chi connectivity index (χ3n) is 5.22. The quantitative estimate of drug-likeness (QED) is 0.652. The number of carbonyl (C=O) groups excluding carboxylic acids is 1. The molecule has 1 saturated heterocycles. The Morgan fingerprint density at radius 1 is 1.21 bits per heavy atom. The zero-order valence-corrected chi connectivity index (χ0v) is 15.4. The van der Waals surface area contributed by atoms with Crippen LogP contribution in [0.3, 0.4) is 0 Å². The second-order valence-electron chi connectivity index (χ2n) is 6.90. The molecule has 3 N–H and O–H groups in total. The molecule has 154 valence electrons. The summed E-state index contributed by atoms with van der Waals surface area (Å²) in [4.78, 5) is 16.0. The van der Waals surface area contributed by atoms with Gasteiger partial charge in [-0.05, 0) is 6.07 Å². The number of nitrogens with zero attached hydrogens (tertiary/aromatic N) is 1. The lowest BCUT2D eigenvalue weighted by Crippen LogP contribution is -2.57. The molecule has 0 aliphatic carbocycles. The minimum atomic E-state index is -5.15. The lowest BCUT2D eigenvalue weighted by Gasteiger charge is -2.41. The molecule has 0 unspecified atom stereocenters. The average molecular weight is 433 g/mol. The minimum Gasteiger partial charge on any atom is -0.362 e. The van der Waals surface area contributed by atoms with Gasteiger partial charge in [-0.25, -0.2) is 13.8 Å². The predicted molar refractivity (Wildman–Crippen MR) is 95.1 cm³/mol. The molecule has 29 heavy (non-hydrogen) atoms. The van der Waals surface area contributed by atoms with Gasteiger partial charge in [0, 0.05) is 37.0 Å². The molecule has 2 aliphatic rings. The number of anilines is 1. The van der Waals surface area contributed by atoms with Gasteiger partial charge in [-0.15, -0.1) is 0 Å². The lowest BCUT2D eigenvalue weighted by atomic mass is 9.69. The van der Waals surface area contributed by atoms with Gasteiger partial charge in [0.15, 0.2) is 11.6 Å². The number of hydrogen-bond donors (Lipinski definition) is 3. The van der Waals surface area contributed by atoms with Crippen molar-refractivity contribution in [2.24, 2.45) is 0 Å². The molecule has 0 bridgehead atoms. The smallest absolute Gasteiger partial charge is 0.362 e. The van der Waals surface area contributed by atoms with Crippen LogP contribution in [0.25, 0.3) is 0 Å². The van der Waals surface area contributed by atoms with Crippen LogP contribution in [0.15, 0.2) is 24.4 Å². The van der Waals surface area contributed by atoms with Crippen molar-refractivity contribution in [3.8, 4) is 0 Å². The zero-order valence-electron chi connectivity index (χ0n) is 14.6. The highest BCUT2D eigenvalue weighted by Crippen LogP contribution is 2.51. The van der Waals surface area contributed by atoms with Gasteiger partial charge in [-0.3, -0.25) is 4.79 Å². The summed E-state index contributed by atoms with van der Waals surface area (Å²) in [6.45, 7) is -0.122. The largest absolute Gasteiger partial charge is 0.404 e. The van der Waals surface area contributed by atoms with Crippen LogP contribution < -0.4 is 16.0 Å². The summed E-state index contributed by atoms with van der Waals surface area (Å²) < 4.78 is 73.6. The van der Waals surface area contributed by atoms with Crippen LogP contribution in [0, 0.1) is 11.6 Å². The molecule has 1 amide bonds. The highest BCUT2D eigenvalue weighted by Gasteiger charge is 2.62. The number of halogens is 6. The Morgan fingerprint density at radius 2 is 1.93 bits per heavy atom. The Labute approximate surface area is 166 Å². The molecule has 0 radical (unpaired) electrons. The van der Waals surface area contributed by atoms with E-state index in [1.54, 1.807) is 0 Å². The normalized spacial score (nSPS) is 21.9. The first kappa shape index (κ1) is 19.8. The number of hydrogen-bond acceptors (Lipinski definition) is 4. The van der Waals surface area contributed by atoms with Gasteiger partial charge in [0.1, 0.15) is 11.2 Å². The molecular weight excluding hydrogens is 419 g/mol. The van der Waals surface area contributed by atoms with Gasteiger partial charge < -0.3 is 16.0 Å². The van der Waals surface area contributed by atoms with Crippen molar-refractivity contribution in [1.82, 2.24) is 15.6 Å². The second kappa shape index (κ2) is 6.81. The molecule has 1 aromatic carbocycles. The molecule has 5 nitrogen and oxygen atoms in total. The van der Waals surface area contributed by atoms with E-state index in [2.05, 4.69) is 20.9 Å². The Balaban J connectivity index is 2.02. The van der Waals surface area contributed by atoms with Crippen LogP contribution >= 0.6 is 11.6 Å². The number of alkyl halides is 3. The molecule has 3 heterocycles. The molecule has 1 atom stereocenters. The van der Waals surface area contributed by atoms with Gasteiger partial charge in [-0.2, -0.15) is 13.2 Å². The highest BCUT2D eigenvalue weighted by molar-refractivity contribution is 6.30. The van der Waals surface area contributed by atoms with E-state index in [1.807, 2.05) is 0 Å². The molecule has 2 aliphatic heterocycles. The van der Waals surface area contributed by atoms with Crippen LogP contribution in [-0.2, 0) is 5.41 Å². The van der Waals surface area contributed by atoms with Crippen LogP contribution in [0.4, 0.5) is 27.8 Å². The first-order valence-electron chi connectivity index (χ1n) is 8.62. The number of rotatable bonds is 3. The maximum Gasteiger partial charge on any atom is 0.404 e. The summed E-state index contributed by atoms with van der Waals surface area (Å²) in [7, 11) is 0. The summed E-state index contributed by atoms with van der Waals surface area (Å²) in [6.07, 6.45) is -4.29. The summed E-state index contributed by atoms with van der Waals surface area (Å²) >= 11 is 5.71. The SMILES string of the molecule is O=C1NC[C@@](c2cccc(Cl)c2F)(C(F)(F)F)c2c1cnc(NC1CNC1)c2F. The Bertz CT molecular complexity index is 995. The van der Waals surface area contributed by atoms with Crippen molar-refractivity contribution in [3.05, 3.63) is 57.7 Å². The molecule has 4 rings (SSSR count). The first-order chi connectivity index (χ1) is 13.7. The first-order valence-corrected chi connectivity index (χ1v) is 9.00. The number of pyridine rings is 1.